The fraction of sp³-hybridized carbons (Fsp3) is 0.312. The van der Waals surface area contributed by atoms with Crippen molar-refractivity contribution >= 4 is 0 Å². The summed E-state index contributed by atoms with van der Waals surface area (Å²) in [7, 11) is 0. The third-order valence-corrected chi connectivity index (χ3v) is 3.17. The lowest BCUT2D eigenvalue weighted by Crippen LogP contribution is -2.19. The summed E-state index contributed by atoms with van der Waals surface area (Å²) >= 11 is 0. The van der Waals surface area contributed by atoms with Gasteiger partial charge in [0.15, 0.2) is 0 Å². The molecule has 0 aliphatic heterocycles. The molecule has 0 aliphatic rings. The molecule has 0 spiro atoms. The van der Waals surface area contributed by atoms with E-state index in [1.165, 1.54) is 16.7 Å². The fourth-order valence-corrected chi connectivity index (χ4v) is 2.19. The molecule has 94 valence electrons. The van der Waals surface area contributed by atoms with E-state index >= 15 is 0 Å². The predicted molar refractivity (Wildman–Crippen MR) is 76.4 cm³/mol. The first-order valence-electron chi connectivity index (χ1n) is 6.59. The van der Waals surface area contributed by atoms with Crippen LogP contribution >= 0.6 is 0 Å². The maximum atomic E-state index is 4.15. The molecule has 1 aromatic carbocycles. The van der Waals surface area contributed by atoms with Gasteiger partial charge >= 0.3 is 0 Å². The van der Waals surface area contributed by atoms with E-state index in [1.54, 1.807) is 6.20 Å². The molecule has 0 saturated carbocycles. The SMILES string of the molecule is CCNC(CC)c1ccc(-c2cccnc2)cc1. The highest BCUT2D eigenvalue weighted by Gasteiger charge is 2.07. The molecule has 1 aromatic heterocycles. The smallest absolute Gasteiger partial charge is 0.0346 e. The van der Waals surface area contributed by atoms with Crippen LogP contribution in [0.2, 0.25) is 0 Å². The minimum Gasteiger partial charge on any atom is -0.310 e. The summed E-state index contributed by atoms with van der Waals surface area (Å²) in [5.74, 6) is 0. The molecule has 0 amide bonds. The van der Waals surface area contributed by atoms with Crippen LogP contribution in [0, 0.1) is 0 Å². The summed E-state index contributed by atoms with van der Waals surface area (Å²) in [5.41, 5.74) is 3.74. The topological polar surface area (TPSA) is 24.9 Å². The molecule has 1 atom stereocenters. The van der Waals surface area contributed by atoms with E-state index in [-0.39, 0.29) is 0 Å². The molecule has 1 heterocycles. The second kappa shape index (κ2) is 6.31. The van der Waals surface area contributed by atoms with Crippen LogP contribution in [0.15, 0.2) is 48.8 Å². The summed E-state index contributed by atoms with van der Waals surface area (Å²) in [5, 5.41) is 3.50. The summed E-state index contributed by atoms with van der Waals surface area (Å²) in [6, 6.07) is 13.3. The summed E-state index contributed by atoms with van der Waals surface area (Å²) in [6.07, 6.45) is 4.81. The Hall–Kier alpha value is -1.67. The Morgan fingerprint density at radius 1 is 1.06 bits per heavy atom. The molecule has 2 heteroatoms. The van der Waals surface area contributed by atoms with Crippen molar-refractivity contribution in [2.45, 2.75) is 26.3 Å². The van der Waals surface area contributed by atoms with Crippen molar-refractivity contribution in [1.29, 1.82) is 0 Å². The molecular formula is C16H20N2. The lowest BCUT2D eigenvalue weighted by atomic mass is 10.0. The minimum atomic E-state index is 0.456. The van der Waals surface area contributed by atoms with Gasteiger partial charge in [-0.1, -0.05) is 44.2 Å². The monoisotopic (exact) mass is 240 g/mol. The average Bonchev–Trinajstić information content (AvgIpc) is 2.46. The number of pyridine rings is 1. The van der Waals surface area contributed by atoms with Gasteiger partial charge in [-0.3, -0.25) is 4.98 Å². The van der Waals surface area contributed by atoms with Gasteiger partial charge in [-0.25, -0.2) is 0 Å². The second-order valence-electron chi connectivity index (χ2n) is 4.38. The molecule has 2 nitrogen and oxygen atoms in total. The van der Waals surface area contributed by atoms with Crippen molar-refractivity contribution in [3.8, 4) is 11.1 Å². The molecule has 0 fully saturated rings. The van der Waals surface area contributed by atoms with E-state index in [0.29, 0.717) is 6.04 Å². The zero-order chi connectivity index (χ0) is 12.8. The summed E-state index contributed by atoms with van der Waals surface area (Å²) < 4.78 is 0. The molecule has 0 bridgehead atoms. The van der Waals surface area contributed by atoms with Crippen molar-refractivity contribution in [3.05, 3.63) is 54.4 Å². The van der Waals surface area contributed by atoms with Crippen molar-refractivity contribution < 1.29 is 0 Å². The van der Waals surface area contributed by atoms with Crippen molar-refractivity contribution in [1.82, 2.24) is 10.3 Å². The first kappa shape index (κ1) is 12.8. The molecule has 18 heavy (non-hydrogen) atoms. The van der Waals surface area contributed by atoms with Gasteiger partial charge in [0.05, 0.1) is 0 Å². The quantitative estimate of drug-likeness (QED) is 0.859. The molecule has 2 rings (SSSR count). The maximum absolute atomic E-state index is 4.15. The largest absolute Gasteiger partial charge is 0.310 e. The van der Waals surface area contributed by atoms with E-state index < -0.39 is 0 Å². The molecule has 0 saturated heterocycles. The van der Waals surface area contributed by atoms with Crippen molar-refractivity contribution in [2.75, 3.05) is 6.54 Å². The first-order chi connectivity index (χ1) is 8.85. The zero-order valence-electron chi connectivity index (χ0n) is 11.1. The summed E-state index contributed by atoms with van der Waals surface area (Å²) in [6.45, 7) is 5.36. The highest BCUT2D eigenvalue weighted by molar-refractivity contribution is 5.62. The van der Waals surface area contributed by atoms with Crippen molar-refractivity contribution in [2.24, 2.45) is 0 Å². The Bertz CT molecular complexity index is 462. The van der Waals surface area contributed by atoms with E-state index in [1.807, 2.05) is 12.3 Å². The van der Waals surface area contributed by atoms with Crippen LogP contribution in [-0.4, -0.2) is 11.5 Å². The highest BCUT2D eigenvalue weighted by Crippen LogP contribution is 2.22. The number of hydrogen-bond donors (Lipinski definition) is 1. The van der Waals surface area contributed by atoms with Crippen LogP contribution in [0.4, 0.5) is 0 Å². The Labute approximate surface area is 109 Å². The molecule has 0 radical (unpaired) electrons. The van der Waals surface area contributed by atoms with Gasteiger partial charge in [0.2, 0.25) is 0 Å². The lowest BCUT2D eigenvalue weighted by Gasteiger charge is -2.16. The van der Waals surface area contributed by atoms with Gasteiger partial charge in [-0.15, -0.1) is 0 Å². The Balaban J connectivity index is 2.19. The number of benzene rings is 1. The Kier molecular flexibility index (Phi) is 4.48. The lowest BCUT2D eigenvalue weighted by molar-refractivity contribution is 0.537. The molecular weight excluding hydrogens is 220 g/mol. The number of nitrogens with one attached hydrogen (secondary N) is 1. The van der Waals surface area contributed by atoms with E-state index in [0.717, 1.165) is 13.0 Å². The van der Waals surface area contributed by atoms with E-state index in [4.69, 9.17) is 0 Å². The van der Waals surface area contributed by atoms with Gasteiger partial charge in [-0.2, -0.15) is 0 Å². The number of rotatable bonds is 5. The standard InChI is InChI=1S/C16H20N2/c1-3-16(18-4-2)14-9-7-13(8-10-14)15-6-5-11-17-12-15/h5-12,16,18H,3-4H2,1-2H3. The zero-order valence-corrected chi connectivity index (χ0v) is 11.1. The minimum absolute atomic E-state index is 0.456. The third kappa shape index (κ3) is 2.96. The average molecular weight is 240 g/mol. The Morgan fingerprint density at radius 2 is 1.83 bits per heavy atom. The van der Waals surface area contributed by atoms with Crippen LogP contribution in [0.25, 0.3) is 11.1 Å². The highest BCUT2D eigenvalue weighted by atomic mass is 14.9. The van der Waals surface area contributed by atoms with Crippen LogP contribution in [-0.2, 0) is 0 Å². The van der Waals surface area contributed by atoms with Gasteiger partial charge in [0.25, 0.3) is 0 Å². The summed E-state index contributed by atoms with van der Waals surface area (Å²) in [4.78, 5) is 4.15. The number of aromatic nitrogens is 1. The first-order valence-corrected chi connectivity index (χ1v) is 6.59. The Morgan fingerprint density at radius 3 is 2.39 bits per heavy atom. The van der Waals surface area contributed by atoms with Crippen molar-refractivity contribution in [3.63, 3.8) is 0 Å². The second-order valence-corrected chi connectivity index (χ2v) is 4.38. The van der Waals surface area contributed by atoms with Crippen LogP contribution in [0.5, 0.6) is 0 Å². The third-order valence-electron chi connectivity index (χ3n) is 3.17. The molecule has 1 unspecified atom stereocenters. The van der Waals surface area contributed by atoms with Crippen LogP contribution in [0.3, 0.4) is 0 Å². The fourth-order valence-electron chi connectivity index (χ4n) is 2.19. The van der Waals surface area contributed by atoms with Gasteiger partial charge in [0, 0.05) is 18.4 Å². The molecule has 2 aromatic rings. The van der Waals surface area contributed by atoms with E-state index in [2.05, 4.69) is 54.5 Å². The van der Waals surface area contributed by atoms with Crippen LogP contribution in [0.1, 0.15) is 31.9 Å². The van der Waals surface area contributed by atoms with Crippen LogP contribution < -0.4 is 5.32 Å². The van der Waals surface area contributed by atoms with Gasteiger partial charge in [-0.05, 0) is 35.7 Å². The van der Waals surface area contributed by atoms with Gasteiger partial charge < -0.3 is 5.32 Å². The normalized spacial score (nSPS) is 12.3. The predicted octanol–water partition coefficient (Wildman–Crippen LogP) is 3.81. The number of hydrogen-bond acceptors (Lipinski definition) is 2. The maximum Gasteiger partial charge on any atom is 0.0346 e. The van der Waals surface area contributed by atoms with Gasteiger partial charge in [0.1, 0.15) is 0 Å². The molecule has 0 aliphatic carbocycles. The molecule has 1 N–H and O–H groups in total. The van der Waals surface area contributed by atoms with E-state index in [9.17, 15) is 0 Å². The number of nitrogens with zero attached hydrogens (tertiary/aromatic N) is 1.